The third kappa shape index (κ3) is 5.18. The molecule has 1 fully saturated rings. The average Bonchev–Trinajstić information content (AvgIpc) is 3.43. The maximum atomic E-state index is 12.6. The monoisotopic (exact) mass is 450 g/mol. The number of carbonyl (C=O) groups is 3. The summed E-state index contributed by atoms with van der Waals surface area (Å²) in [6.07, 6.45) is 0.829. The summed E-state index contributed by atoms with van der Waals surface area (Å²) in [5.74, 6) is -1.24. The second-order valence-corrected chi connectivity index (χ2v) is 9.42. The normalized spacial score (nSPS) is 16.5. The highest BCUT2D eigenvalue weighted by Crippen LogP contribution is 2.44. The van der Waals surface area contributed by atoms with E-state index in [-0.39, 0.29) is 37.2 Å². The van der Waals surface area contributed by atoms with Gasteiger partial charge in [-0.15, -0.1) is 0 Å². The van der Waals surface area contributed by atoms with Gasteiger partial charge in [-0.1, -0.05) is 62.4 Å². The first kappa shape index (κ1) is 22.8. The Morgan fingerprint density at radius 3 is 2.12 bits per heavy atom. The van der Waals surface area contributed by atoms with E-state index in [0.29, 0.717) is 12.8 Å². The number of carbonyl (C=O) groups excluding carboxylic acids is 2. The van der Waals surface area contributed by atoms with Crippen LogP contribution in [0.4, 0.5) is 4.79 Å². The van der Waals surface area contributed by atoms with Crippen LogP contribution >= 0.6 is 0 Å². The van der Waals surface area contributed by atoms with Crippen molar-refractivity contribution in [1.29, 1.82) is 0 Å². The molecule has 2 amide bonds. The van der Waals surface area contributed by atoms with E-state index in [4.69, 9.17) is 9.84 Å². The molecule has 3 N–H and O–H groups in total. The topological polar surface area (TPSA) is 105 Å². The summed E-state index contributed by atoms with van der Waals surface area (Å²) >= 11 is 0. The van der Waals surface area contributed by atoms with Gasteiger partial charge in [0.15, 0.2) is 0 Å². The van der Waals surface area contributed by atoms with Crippen LogP contribution in [-0.4, -0.2) is 41.3 Å². The zero-order valence-electron chi connectivity index (χ0n) is 19.0. The van der Waals surface area contributed by atoms with Crippen molar-refractivity contribution in [1.82, 2.24) is 10.6 Å². The van der Waals surface area contributed by atoms with Gasteiger partial charge in [0.25, 0.3) is 0 Å². The summed E-state index contributed by atoms with van der Waals surface area (Å²) in [5, 5.41) is 14.7. The minimum Gasteiger partial charge on any atom is -0.481 e. The molecule has 7 nitrogen and oxygen atoms in total. The van der Waals surface area contributed by atoms with Crippen molar-refractivity contribution in [2.24, 2.45) is 5.92 Å². The number of fused-ring (bicyclic) bond motifs is 3. The second-order valence-electron chi connectivity index (χ2n) is 9.42. The first-order valence-electron chi connectivity index (χ1n) is 11.4. The van der Waals surface area contributed by atoms with Crippen molar-refractivity contribution < 1.29 is 24.2 Å². The molecule has 0 aromatic heterocycles. The molecule has 2 aromatic rings. The average molecular weight is 451 g/mol. The van der Waals surface area contributed by atoms with Crippen molar-refractivity contribution in [3.63, 3.8) is 0 Å². The maximum absolute atomic E-state index is 12.6. The van der Waals surface area contributed by atoms with Gasteiger partial charge < -0.3 is 20.5 Å². The fraction of sp³-hybridized carbons (Fsp3) is 0.423. The highest BCUT2D eigenvalue weighted by atomic mass is 16.5. The minimum absolute atomic E-state index is 0.00436. The molecular weight excluding hydrogens is 420 g/mol. The lowest BCUT2D eigenvalue weighted by Gasteiger charge is -2.23. The van der Waals surface area contributed by atoms with Crippen LogP contribution < -0.4 is 10.6 Å². The highest BCUT2D eigenvalue weighted by Gasteiger charge is 2.46. The number of nitrogens with one attached hydrogen (secondary N) is 2. The molecule has 4 rings (SSSR count). The number of amides is 2. The lowest BCUT2D eigenvalue weighted by molar-refractivity contribution is -0.138. The number of hydrogen-bond donors (Lipinski definition) is 3. The number of ether oxygens (including phenoxy) is 1. The fourth-order valence-electron chi connectivity index (χ4n) is 4.55. The lowest BCUT2D eigenvalue weighted by atomic mass is 9.98. The van der Waals surface area contributed by atoms with Crippen molar-refractivity contribution in [2.75, 3.05) is 6.61 Å². The first-order valence-corrected chi connectivity index (χ1v) is 11.4. The smallest absolute Gasteiger partial charge is 0.407 e. The molecule has 7 heteroatoms. The third-order valence-corrected chi connectivity index (χ3v) is 6.61. The van der Waals surface area contributed by atoms with Gasteiger partial charge in [-0.3, -0.25) is 9.59 Å². The van der Waals surface area contributed by atoms with Crippen LogP contribution in [0.1, 0.15) is 56.6 Å². The predicted molar refractivity (Wildman–Crippen MR) is 124 cm³/mol. The standard InChI is InChI=1S/C26H30N2O5/c1-16(2)22(13-24(30)31)27-23(29)14-26(11-12-26)28-25(32)33-15-21-19-9-5-3-7-17(19)18-8-4-6-10-20(18)21/h3-10,16,21-22H,11-15H2,1-2H3,(H,27,29)(H,28,32)(H,30,31)/t22-/m0/s1. The van der Waals surface area contributed by atoms with E-state index >= 15 is 0 Å². The number of hydrogen-bond acceptors (Lipinski definition) is 4. The Balaban J connectivity index is 1.33. The van der Waals surface area contributed by atoms with Crippen LogP contribution in [0.15, 0.2) is 48.5 Å². The highest BCUT2D eigenvalue weighted by molar-refractivity contribution is 5.81. The molecule has 33 heavy (non-hydrogen) atoms. The van der Waals surface area contributed by atoms with Crippen LogP contribution in [0.2, 0.25) is 0 Å². The zero-order chi connectivity index (χ0) is 23.6. The predicted octanol–water partition coefficient (Wildman–Crippen LogP) is 4.06. The van der Waals surface area contributed by atoms with E-state index in [9.17, 15) is 14.4 Å². The number of rotatable bonds is 9. The molecule has 2 aromatic carbocycles. The summed E-state index contributed by atoms with van der Waals surface area (Å²) in [6.45, 7) is 3.96. The van der Waals surface area contributed by atoms with Gasteiger partial charge in [0.1, 0.15) is 6.61 Å². The number of benzene rings is 2. The molecule has 0 saturated heterocycles. The molecule has 0 unspecified atom stereocenters. The van der Waals surface area contributed by atoms with Crippen LogP contribution in [0.5, 0.6) is 0 Å². The lowest BCUT2D eigenvalue weighted by Crippen LogP contribution is -2.45. The quantitative estimate of drug-likeness (QED) is 0.534. The SMILES string of the molecule is CC(C)[C@H](CC(=O)O)NC(=O)CC1(NC(=O)OCC2c3ccccc3-c3ccccc32)CC1. The van der Waals surface area contributed by atoms with Gasteiger partial charge in [0, 0.05) is 18.4 Å². The van der Waals surface area contributed by atoms with Gasteiger partial charge in [0.05, 0.1) is 12.0 Å². The van der Waals surface area contributed by atoms with E-state index in [1.807, 2.05) is 38.1 Å². The van der Waals surface area contributed by atoms with Gasteiger partial charge in [0.2, 0.25) is 5.91 Å². The molecule has 0 spiro atoms. The number of aliphatic carboxylic acids is 1. The molecule has 1 saturated carbocycles. The molecule has 0 bridgehead atoms. The summed E-state index contributed by atoms with van der Waals surface area (Å²) in [4.78, 5) is 36.2. The Labute approximate surface area is 193 Å². The van der Waals surface area contributed by atoms with Crippen molar-refractivity contribution >= 4 is 18.0 Å². The summed E-state index contributed by atoms with van der Waals surface area (Å²) in [7, 11) is 0. The van der Waals surface area contributed by atoms with E-state index < -0.39 is 23.6 Å². The number of alkyl carbamates (subject to hydrolysis) is 1. The Morgan fingerprint density at radius 2 is 1.61 bits per heavy atom. The Bertz CT molecular complexity index is 1010. The first-order chi connectivity index (χ1) is 15.8. The van der Waals surface area contributed by atoms with E-state index in [0.717, 1.165) is 11.1 Å². The van der Waals surface area contributed by atoms with Gasteiger partial charge in [-0.2, -0.15) is 0 Å². The van der Waals surface area contributed by atoms with Crippen molar-refractivity contribution in [2.45, 2.75) is 57.0 Å². The molecular formula is C26H30N2O5. The molecule has 2 aliphatic carbocycles. The van der Waals surface area contributed by atoms with Crippen molar-refractivity contribution in [3.8, 4) is 11.1 Å². The summed E-state index contributed by atoms with van der Waals surface area (Å²) in [6, 6.07) is 15.9. The van der Waals surface area contributed by atoms with Crippen molar-refractivity contribution in [3.05, 3.63) is 59.7 Å². The van der Waals surface area contributed by atoms with Crippen LogP contribution in [0, 0.1) is 5.92 Å². The zero-order valence-corrected chi connectivity index (χ0v) is 19.0. The fourth-order valence-corrected chi connectivity index (χ4v) is 4.55. The van der Waals surface area contributed by atoms with E-state index in [1.54, 1.807) is 0 Å². The minimum atomic E-state index is -0.952. The maximum Gasteiger partial charge on any atom is 0.407 e. The Hall–Kier alpha value is -3.35. The molecule has 174 valence electrons. The van der Waals surface area contributed by atoms with Crippen LogP contribution in [-0.2, 0) is 14.3 Å². The van der Waals surface area contributed by atoms with Gasteiger partial charge in [-0.05, 0) is 41.0 Å². The Kier molecular flexibility index (Phi) is 6.40. The number of carboxylic acid groups (broad SMARTS) is 1. The Morgan fingerprint density at radius 1 is 1.03 bits per heavy atom. The molecule has 0 aliphatic heterocycles. The van der Waals surface area contributed by atoms with E-state index in [2.05, 4.69) is 34.9 Å². The van der Waals surface area contributed by atoms with Gasteiger partial charge in [-0.25, -0.2) is 4.79 Å². The third-order valence-electron chi connectivity index (χ3n) is 6.61. The van der Waals surface area contributed by atoms with Crippen LogP contribution in [0.3, 0.4) is 0 Å². The molecule has 1 atom stereocenters. The molecule has 0 radical (unpaired) electrons. The van der Waals surface area contributed by atoms with Gasteiger partial charge >= 0.3 is 12.1 Å². The molecule has 2 aliphatic rings. The summed E-state index contributed by atoms with van der Waals surface area (Å²) in [5.41, 5.74) is 4.00. The summed E-state index contributed by atoms with van der Waals surface area (Å²) < 4.78 is 5.61. The van der Waals surface area contributed by atoms with Crippen LogP contribution in [0.25, 0.3) is 11.1 Å². The van der Waals surface area contributed by atoms with E-state index in [1.165, 1.54) is 11.1 Å². The number of carboxylic acids is 1. The largest absolute Gasteiger partial charge is 0.481 e. The molecule has 0 heterocycles. The second kappa shape index (κ2) is 9.25.